The maximum atomic E-state index is 11.2. The molecule has 0 fully saturated rings. The van der Waals surface area contributed by atoms with Gasteiger partial charge in [0.15, 0.2) is 12.9 Å². The van der Waals surface area contributed by atoms with Crippen LogP contribution in [0.2, 0.25) is 0 Å². The third-order valence-electron chi connectivity index (χ3n) is 2.77. The number of hydrogen-bond donors (Lipinski definition) is 2. The molecule has 1 amide bonds. The maximum absolute atomic E-state index is 11.2. The molecule has 0 spiro atoms. The Bertz CT molecular complexity index is 681. The smallest absolute Gasteiger partial charge is 0.262 e. The van der Waals surface area contributed by atoms with Crippen LogP contribution in [-0.4, -0.2) is 29.0 Å². The summed E-state index contributed by atoms with van der Waals surface area (Å²) < 4.78 is 6.07. The molecule has 0 atom stereocenters. The highest BCUT2D eigenvalue weighted by Crippen LogP contribution is 2.38. The second kappa shape index (κ2) is 4.51. The molecule has 2 aromatic rings. The zero-order valence-corrected chi connectivity index (χ0v) is 11.2. The van der Waals surface area contributed by atoms with Gasteiger partial charge in [-0.2, -0.15) is 5.10 Å². The zero-order valence-electron chi connectivity index (χ0n) is 9.57. The molecule has 7 heteroatoms. The fourth-order valence-corrected chi connectivity index (χ4v) is 2.43. The van der Waals surface area contributed by atoms with Crippen LogP contribution in [0.4, 0.5) is 5.69 Å². The van der Waals surface area contributed by atoms with E-state index in [0.29, 0.717) is 22.7 Å². The van der Waals surface area contributed by atoms with E-state index in [1.807, 2.05) is 0 Å². The second-order valence-corrected chi connectivity index (χ2v) is 4.84. The number of carbonyl (C=O) groups excluding carboxylic acids is 2. The van der Waals surface area contributed by atoms with Gasteiger partial charge in [-0.15, -0.1) is 0 Å². The van der Waals surface area contributed by atoms with Gasteiger partial charge in [-0.05, 0) is 12.1 Å². The van der Waals surface area contributed by atoms with Crippen LogP contribution in [0.1, 0.15) is 10.4 Å². The molecule has 0 radical (unpaired) electrons. The number of aromatic amines is 1. The molecule has 1 aliphatic heterocycles. The minimum Gasteiger partial charge on any atom is -0.482 e. The highest BCUT2D eigenvalue weighted by Gasteiger charge is 2.20. The van der Waals surface area contributed by atoms with E-state index in [1.54, 1.807) is 12.1 Å². The Labute approximate surface area is 116 Å². The van der Waals surface area contributed by atoms with Gasteiger partial charge in [0.2, 0.25) is 0 Å². The minimum absolute atomic E-state index is 0.0163. The van der Waals surface area contributed by atoms with E-state index < -0.39 is 0 Å². The van der Waals surface area contributed by atoms with E-state index in [2.05, 4.69) is 31.4 Å². The number of aldehydes is 1. The fourth-order valence-electron chi connectivity index (χ4n) is 1.89. The second-order valence-electron chi connectivity index (χ2n) is 3.98. The monoisotopic (exact) mass is 321 g/mol. The van der Waals surface area contributed by atoms with Gasteiger partial charge in [0, 0.05) is 10.0 Å². The normalized spacial score (nSPS) is 13.4. The number of aromatic nitrogens is 2. The summed E-state index contributed by atoms with van der Waals surface area (Å²) >= 11 is 3.41. The number of nitrogens with one attached hydrogen (secondary N) is 2. The SMILES string of the molecule is O=Cc1cn[nH]c1-c1cc2c(cc1Br)NC(=O)CO2. The van der Waals surface area contributed by atoms with Gasteiger partial charge in [-0.3, -0.25) is 14.7 Å². The topological polar surface area (TPSA) is 84.1 Å². The Morgan fingerprint density at radius 3 is 3.05 bits per heavy atom. The summed E-state index contributed by atoms with van der Waals surface area (Å²) in [6, 6.07) is 3.48. The number of H-pyrrole nitrogens is 1. The predicted molar refractivity (Wildman–Crippen MR) is 71.2 cm³/mol. The molecule has 0 unspecified atom stereocenters. The summed E-state index contributed by atoms with van der Waals surface area (Å²) in [4.78, 5) is 22.2. The standard InChI is InChI=1S/C12H8BrN3O3/c13-8-2-9-10(19-5-11(18)15-9)1-7(8)12-6(4-17)3-14-16-12/h1-4H,5H2,(H,14,16)(H,15,18). The minimum atomic E-state index is -0.192. The van der Waals surface area contributed by atoms with Crippen molar-refractivity contribution in [1.29, 1.82) is 0 Å². The van der Waals surface area contributed by atoms with Gasteiger partial charge in [0.05, 0.1) is 23.1 Å². The first-order valence-electron chi connectivity index (χ1n) is 5.44. The van der Waals surface area contributed by atoms with Crippen LogP contribution in [0.5, 0.6) is 5.75 Å². The number of amides is 1. The number of rotatable bonds is 2. The average molecular weight is 322 g/mol. The maximum Gasteiger partial charge on any atom is 0.262 e. The highest BCUT2D eigenvalue weighted by molar-refractivity contribution is 9.10. The van der Waals surface area contributed by atoms with E-state index in [-0.39, 0.29) is 12.5 Å². The summed E-state index contributed by atoms with van der Waals surface area (Å²) in [5.74, 6) is 0.367. The Morgan fingerprint density at radius 1 is 1.42 bits per heavy atom. The van der Waals surface area contributed by atoms with Gasteiger partial charge in [-0.1, -0.05) is 15.9 Å². The number of carbonyl (C=O) groups is 2. The van der Waals surface area contributed by atoms with Crippen molar-refractivity contribution >= 4 is 33.8 Å². The highest BCUT2D eigenvalue weighted by atomic mass is 79.9. The molecule has 1 aromatic carbocycles. The lowest BCUT2D eigenvalue weighted by Crippen LogP contribution is -2.25. The summed E-state index contributed by atoms with van der Waals surface area (Å²) in [6.45, 7) is -0.0163. The molecule has 0 saturated carbocycles. The summed E-state index contributed by atoms with van der Waals surface area (Å²) in [5, 5.41) is 9.33. The number of halogens is 1. The molecule has 96 valence electrons. The van der Waals surface area contributed by atoms with E-state index in [4.69, 9.17) is 4.74 Å². The Balaban J connectivity index is 2.13. The van der Waals surface area contributed by atoms with E-state index in [0.717, 1.165) is 16.3 Å². The Kier molecular flexibility index (Phi) is 2.83. The lowest BCUT2D eigenvalue weighted by atomic mass is 10.1. The number of hydrogen-bond acceptors (Lipinski definition) is 4. The number of anilines is 1. The predicted octanol–water partition coefficient (Wildman–Crippen LogP) is 1.98. The molecule has 2 heterocycles. The largest absolute Gasteiger partial charge is 0.482 e. The third-order valence-corrected chi connectivity index (χ3v) is 3.42. The Morgan fingerprint density at radius 2 is 2.26 bits per heavy atom. The average Bonchev–Trinajstić information content (AvgIpc) is 2.86. The molecule has 19 heavy (non-hydrogen) atoms. The van der Waals surface area contributed by atoms with Crippen LogP contribution in [0.3, 0.4) is 0 Å². The van der Waals surface area contributed by atoms with Gasteiger partial charge in [0.1, 0.15) is 5.75 Å². The fraction of sp³-hybridized carbons (Fsp3) is 0.0833. The first-order chi connectivity index (χ1) is 9.19. The van der Waals surface area contributed by atoms with Crippen molar-refractivity contribution in [3.63, 3.8) is 0 Å². The van der Waals surface area contributed by atoms with Crippen LogP contribution >= 0.6 is 15.9 Å². The van der Waals surface area contributed by atoms with Crippen molar-refractivity contribution in [2.24, 2.45) is 0 Å². The first kappa shape index (κ1) is 11.9. The van der Waals surface area contributed by atoms with Gasteiger partial charge in [-0.25, -0.2) is 0 Å². The van der Waals surface area contributed by atoms with Crippen LogP contribution in [0.25, 0.3) is 11.3 Å². The summed E-state index contributed by atoms with van der Waals surface area (Å²) in [7, 11) is 0. The molecule has 2 N–H and O–H groups in total. The number of benzene rings is 1. The lowest BCUT2D eigenvalue weighted by molar-refractivity contribution is -0.118. The van der Waals surface area contributed by atoms with Crippen LogP contribution in [0.15, 0.2) is 22.8 Å². The van der Waals surface area contributed by atoms with Crippen LogP contribution in [0, 0.1) is 0 Å². The summed E-state index contributed by atoms with van der Waals surface area (Å²) in [6.07, 6.45) is 2.18. The molecule has 0 bridgehead atoms. The van der Waals surface area contributed by atoms with Gasteiger partial charge >= 0.3 is 0 Å². The molecule has 1 aromatic heterocycles. The van der Waals surface area contributed by atoms with E-state index in [9.17, 15) is 9.59 Å². The van der Waals surface area contributed by atoms with Crippen molar-refractivity contribution in [2.45, 2.75) is 0 Å². The van der Waals surface area contributed by atoms with Crippen molar-refractivity contribution < 1.29 is 14.3 Å². The molecule has 3 rings (SSSR count). The number of nitrogens with zero attached hydrogens (tertiary/aromatic N) is 1. The van der Waals surface area contributed by atoms with Gasteiger partial charge in [0.25, 0.3) is 5.91 Å². The molecule has 1 aliphatic rings. The molecular formula is C12H8BrN3O3. The van der Waals surface area contributed by atoms with E-state index >= 15 is 0 Å². The quantitative estimate of drug-likeness (QED) is 0.828. The zero-order chi connectivity index (χ0) is 13.4. The molecular weight excluding hydrogens is 314 g/mol. The Hall–Kier alpha value is -2.15. The van der Waals surface area contributed by atoms with Crippen molar-refractivity contribution in [2.75, 3.05) is 11.9 Å². The summed E-state index contributed by atoms with van der Waals surface area (Å²) in [5.41, 5.74) is 2.40. The van der Waals surface area contributed by atoms with E-state index in [1.165, 1.54) is 6.20 Å². The van der Waals surface area contributed by atoms with Crippen LogP contribution < -0.4 is 10.1 Å². The van der Waals surface area contributed by atoms with Crippen molar-refractivity contribution in [1.82, 2.24) is 10.2 Å². The van der Waals surface area contributed by atoms with Gasteiger partial charge < -0.3 is 10.1 Å². The number of ether oxygens (including phenoxy) is 1. The molecule has 0 aliphatic carbocycles. The van der Waals surface area contributed by atoms with Crippen LogP contribution in [-0.2, 0) is 4.79 Å². The number of fused-ring (bicyclic) bond motifs is 1. The molecule has 6 nitrogen and oxygen atoms in total. The first-order valence-corrected chi connectivity index (χ1v) is 6.23. The van der Waals surface area contributed by atoms with Crippen molar-refractivity contribution in [3.05, 3.63) is 28.4 Å². The lowest BCUT2D eigenvalue weighted by Gasteiger charge is -2.19. The molecule has 0 saturated heterocycles. The van der Waals surface area contributed by atoms with Crippen molar-refractivity contribution in [3.8, 4) is 17.0 Å². The third kappa shape index (κ3) is 2.01.